The van der Waals surface area contributed by atoms with Gasteiger partial charge in [-0.15, -0.1) is 0 Å². The third kappa shape index (κ3) is 7.10. The van der Waals surface area contributed by atoms with Gasteiger partial charge in [0.05, 0.1) is 0 Å². The fourth-order valence-corrected chi connectivity index (χ4v) is 3.01. The summed E-state index contributed by atoms with van der Waals surface area (Å²) in [6, 6.07) is 16.9. The SMILES string of the molecule is Cc1ccc(CCC(=O)NCCCN(C)Cc2ccccc2)c(C)c1. The van der Waals surface area contributed by atoms with E-state index in [2.05, 4.69) is 73.6 Å². The summed E-state index contributed by atoms with van der Waals surface area (Å²) < 4.78 is 0. The standard InChI is InChI=1S/C22H30N2O/c1-18-10-11-21(19(2)16-18)12-13-22(25)23-14-7-15-24(3)17-20-8-5-4-6-9-20/h4-6,8-11,16H,7,12-15,17H2,1-3H3,(H,23,25). The van der Waals surface area contributed by atoms with E-state index in [0.717, 1.165) is 32.5 Å². The second-order valence-corrected chi connectivity index (χ2v) is 6.86. The molecule has 0 fully saturated rings. The Balaban J connectivity index is 1.60. The van der Waals surface area contributed by atoms with Crippen LogP contribution >= 0.6 is 0 Å². The molecule has 0 aliphatic heterocycles. The summed E-state index contributed by atoms with van der Waals surface area (Å²) in [6.45, 7) is 6.87. The smallest absolute Gasteiger partial charge is 0.220 e. The lowest BCUT2D eigenvalue weighted by Crippen LogP contribution is -2.28. The fourth-order valence-electron chi connectivity index (χ4n) is 3.01. The molecule has 0 atom stereocenters. The maximum atomic E-state index is 12.0. The van der Waals surface area contributed by atoms with Crippen molar-refractivity contribution in [3.63, 3.8) is 0 Å². The first-order chi connectivity index (χ1) is 12.0. The van der Waals surface area contributed by atoms with Crippen LogP contribution in [0, 0.1) is 13.8 Å². The first-order valence-corrected chi connectivity index (χ1v) is 9.10. The van der Waals surface area contributed by atoms with Gasteiger partial charge in [-0.05, 0) is 57.0 Å². The molecule has 1 N–H and O–H groups in total. The average Bonchev–Trinajstić information content (AvgIpc) is 2.59. The van der Waals surface area contributed by atoms with Gasteiger partial charge >= 0.3 is 0 Å². The minimum Gasteiger partial charge on any atom is -0.356 e. The van der Waals surface area contributed by atoms with Crippen LogP contribution in [0.5, 0.6) is 0 Å². The molecule has 2 rings (SSSR count). The molecule has 0 aliphatic carbocycles. The van der Waals surface area contributed by atoms with Crippen LogP contribution in [0.2, 0.25) is 0 Å². The number of amides is 1. The molecule has 3 heteroatoms. The normalized spacial score (nSPS) is 10.9. The Bertz CT molecular complexity index is 667. The molecule has 0 saturated carbocycles. The van der Waals surface area contributed by atoms with Crippen LogP contribution in [0.4, 0.5) is 0 Å². The lowest BCUT2D eigenvalue weighted by Gasteiger charge is -2.16. The van der Waals surface area contributed by atoms with Crippen molar-refractivity contribution < 1.29 is 4.79 Å². The Morgan fingerprint density at radius 2 is 1.84 bits per heavy atom. The summed E-state index contributed by atoms with van der Waals surface area (Å²) in [5.41, 5.74) is 5.13. The van der Waals surface area contributed by atoms with Crippen molar-refractivity contribution in [3.05, 3.63) is 70.8 Å². The highest BCUT2D eigenvalue weighted by Gasteiger charge is 2.05. The zero-order valence-corrected chi connectivity index (χ0v) is 15.7. The molecule has 2 aromatic rings. The summed E-state index contributed by atoms with van der Waals surface area (Å²) in [6.07, 6.45) is 2.34. The predicted octanol–water partition coefficient (Wildman–Crippen LogP) is 3.87. The first kappa shape index (κ1) is 19.2. The van der Waals surface area contributed by atoms with Gasteiger partial charge in [0.25, 0.3) is 0 Å². The molecular weight excluding hydrogens is 308 g/mol. The second kappa shape index (κ2) is 10.00. The molecule has 0 aromatic heterocycles. The molecule has 0 unspecified atom stereocenters. The summed E-state index contributed by atoms with van der Waals surface area (Å²) in [4.78, 5) is 14.3. The molecule has 0 radical (unpaired) electrons. The van der Waals surface area contributed by atoms with Crippen molar-refractivity contribution in [1.82, 2.24) is 10.2 Å². The van der Waals surface area contributed by atoms with E-state index in [1.807, 2.05) is 6.07 Å². The molecule has 1 amide bonds. The number of nitrogens with zero attached hydrogens (tertiary/aromatic N) is 1. The van der Waals surface area contributed by atoms with E-state index in [0.29, 0.717) is 6.42 Å². The zero-order valence-electron chi connectivity index (χ0n) is 15.7. The van der Waals surface area contributed by atoms with Crippen LogP contribution in [0.15, 0.2) is 48.5 Å². The number of hydrogen-bond acceptors (Lipinski definition) is 2. The molecule has 25 heavy (non-hydrogen) atoms. The van der Waals surface area contributed by atoms with Gasteiger partial charge in [-0.2, -0.15) is 0 Å². The number of nitrogens with one attached hydrogen (secondary N) is 1. The van der Waals surface area contributed by atoms with Gasteiger partial charge in [-0.1, -0.05) is 54.1 Å². The van der Waals surface area contributed by atoms with Crippen LogP contribution < -0.4 is 5.32 Å². The molecule has 0 bridgehead atoms. The van der Waals surface area contributed by atoms with Crippen molar-refractivity contribution >= 4 is 5.91 Å². The molecule has 134 valence electrons. The maximum Gasteiger partial charge on any atom is 0.220 e. The Kier molecular flexibility index (Phi) is 7.68. The Hall–Kier alpha value is -2.13. The maximum absolute atomic E-state index is 12.0. The first-order valence-electron chi connectivity index (χ1n) is 9.10. The minimum absolute atomic E-state index is 0.144. The number of carbonyl (C=O) groups is 1. The Morgan fingerprint density at radius 1 is 1.08 bits per heavy atom. The average molecular weight is 338 g/mol. The molecular formula is C22H30N2O. The Morgan fingerprint density at radius 3 is 2.56 bits per heavy atom. The van der Waals surface area contributed by atoms with E-state index in [1.54, 1.807) is 0 Å². The summed E-state index contributed by atoms with van der Waals surface area (Å²) in [5.74, 6) is 0.144. The van der Waals surface area contributed by atoms with E-state index in [-0.39, 0.29) is 5.91 Å². The second-order valence-electron chi connectivity index (χ2n) is 6.86. The van der Waals surface area contributed by atoms with Gasteiger partial charge in [-0.25, -0.2) is 0 Å². The van der Waals surface area contributed by atoms with E-state index >= 15 is 0 Å². The van der Waals surface area contributed by atoms with Crippen LogP contribution in [0.25, 0.3) is 0 Å². The van der Waals surface area contributed by atoms with Gasteiger partial charge in [-0.3, -0.25) is 4.79 Å². The number of benzene rings is 2. The highest BCUT2D eigenvalue weighted by molar-refractivity contribution is 5.76. The molecule has 2 aromatic carbocycles. The Labute approximate surface area is 152 Å². The summed E-state index contributed by atoms with van der Waals surface area (Å²) in [7, 11) is 2.12. The number of aryl methyl sites for hydroxylation is 3. The topological polar surface area (TPSA) is 32.3 Å². The van der Waals surface area contributed by atoms with Crippen molar-refractivity contribution in [2.45, 2.75) is 39.7 Å². The quantitative estimate of drug-likeness (QED) is 0.704. The highest BCUT2D eigenvalue weighted by Crippen LogP contribution is 2.12. The number of rotatable bonds is 9. The van der Waals surface area contributed by atoms with E-state index < -0.39 is 0 Å². The van der Waals surface area contributed by atoms with Crippen molar-refractivity contribution in [1.29, 1.82) is 0 Å². The summed E-state index contributed by atoms with van der Waals surface area (Å²) >= 11 is 0. The van der Waals surface area contributed by atoms with Crippen LogP contribution in [0.1, 0.15) is 35.1 Å². The lowest BCUT2D eigenvalue weighted by molar-refractivity contribution is -0.121. The van der Waals surface area contributed by atoms with Gasteiger partial charge in [0.15, 0.2) is 0 Å². The number of carbonyl (C=O) groups excluding carboxylic acids is 1. The zero-order chi connectivity index (χ0) is 18.1. The highest BCUT2D eigenvalue weighted by atomic mass is 16.1. The molecule has 0 saturated heterocycles. The molecule has 3 nitrogen and oxygen atoms in total. The van der Waals surface area contributed by atoms with Crippen LogP contribution in [0.3, 0.4) is 0 Å². The van der Waals surface area contributed by atoms with Crippen molar-refractivity contribution in [2.75, 3.05) is 20.1 Å². The minimum atomic E-state index is 0.144. The van der Waals surface area contributed by atoms with E-state index in [1.165, 1.54) is 22.3 Å². The van der Waals surface area contributed by atoms with Gasteiger partial charge < -0.3 is 10.2 Å². The molecule has 0 spiro atoms. The lowest BCUT2D eigenvalue weighted by atomic mass is 10.0. The molecule has 0 aliphatic rings. The van der Waals surface area contributed by atoms with Crippen LogP contribution in [-0.4, -0.2) is 30.9 Å². The predicted molar refractivity (Wildman–Crippen MR) is 105 cm³/mol. The van der Waals surface area contributed by atoms with Gasteiger partial charge in [0, 0.05) is 19.5 Å². The van der Waals surface area contributed by atoms with Crippen LogP contribution in [-0.2, 0) is 17.8 Å². The number of hydrogen-bond donors (Lipinski definition) is 1. The molecule has 0 heterocycles. The van der Waals surface area contributed by atoms with Gasteiger partial charge in [0.1, 0.15) is 0 Å². The van der Waals surface area contributed by atoms with Gasteiger partial charge in [0.2, 0.25) is 5.91 Å². The van der Waals surface area contributed by atoms with E-state index in [9.17, 15) is 4.79 Å². The fraction of sp³-hybridized carbons (Fsp3) is 0.409. The third-order valence-electron chi connectivity index (χ3n) is 4.45. The van der Waals surface area contributed by atoms with E-state index in [4.69, 9.17) is 0 Å². The monoisotopic (exact) mass is 338 g/mol. The summed E-state index contributed by atoms with van der Waals surface area (Å²) in [5, 5.41) is 3.04. The third-order valence-corrected chi connectivity index (χ3v) is 4.45. The van der Waals surface area contributed by atoms with Crippen molar-refractivity contribution in [2.24, 2.45) is 0 Å². The largest absolute Gasteiger partial charge is 0.356 e. The van der Waals surface area contributed by atoms with Crippen molar-refractivity contribution in [3.8, 4) is 0 Å².